The van der Waals surface area contributed by atoms with Gasteiger partial charge in [-0.3, -0.25) is 14.5 Å². The summed E-state index contributed by atoms with van der Waals surface area (Å²) in [6, 6.07) is 7.85. The van der Waals surface area contributed by atoms with Crippen molar-refractivity contribution in [2.75, 3.05) is 57.3 Å². The molecule has 9 nitrogen and oxygen atoms in total. The molecular formula is C32H43FN6O3. The minimum atomic E-state index is -0.368. The number of aromatic nitrogens is 1. The number of nitrogens with one attached hydrogen (secondary N) is 2. The van der Waals surface area contributed by atoms with Gasteiger partial charge < -0.3 is 25.2 Å². The predicted molar refractivity (Wildman–Crippen MR) is 159 cm³/mol. The van der Waals surface area contributed by atoms with Crippen LogP contribution in [0, 0.1) is 11.7 Å². The summed E-state index contributed by atoms with van der Waals surface area (Å²) in [6.45, 7) is 7.02. The first-order valence-corrected chi connectivity index (χ1v) is 15.7. The Balaban J connectivity index is 1.15. The van der Waals surface area contributed by atoms with Gasteiger partial charge in [0.25, 0.3) is 5.91 Å². The van der Waals surface area contributed by atoms with E-state index in [2.05, 4.69) is 25.4 Å². The maximum atomic E-state index is 13.5. The van der Waals surface area contributed by atoms with Gasteiger partial charge in [0.2, 0.25) is 11.8 Å². The van der Waals surface area contributed by atoms with Gasteiger partial charge in [0.05, 0.1) is 0 Å². The maximum Gasteiger partial charge on any atom is 0.252 e. The van der Waals surface area contributed by atoms with Gasteiger partial charge in [-0.1, -0.05) is 6.42 Å². The maximum absolute atomic E-state index is 13.5. The number of pyridine rings is 1. The Morgan fingerprint density at radius 1 is 1.00 bits per heavy atom. The Morgan fingerprint density at radius 3 is 2.48 bits per heavy atom. The van der Waals surface area contributed by atoms with Crippen molar-refractivity contribution in [2.24, 2.45) is 5.92 Å². The Kier molecular flexibility index (Phi) is 9.19. The number of piperidine rings is 1. The molecule has 4 aliphatic rings. The van der Waals surface area contributed by atoms with Gasteiger partial charge in [-0.2, -0.15) is 0 Å². The summed E-state index contributed by atoms with van der Waals surface area (Å²) in [5, 5.41) is 6.53. The topological polar surface area (TPSA) is 90.0 Å². The Hall–Kier alpha value is -3.24. The number of likely N-dealkylation sites (tertiary alicyclic amines) is 1. The van der Waals surface area contributed by atoms with Crippen LogP contribution in [0.1, 0.15) is 60.9 Å². The smallest absolute Gasteiger partial charge is 0.252 e. The first-order chi connectivity index (χ1) is 20.5. The third-order valence-corrected chi connectivity index (χ3v) is 9.34. The van der Waals surface area contributed by atoms with E-state index in [0.29, 0.717) is 24.5 Å². The first kappa shape index (κ1) is 28.9. The van der Waals surface area contributed by atoms with E-state index in [1.165, 1.54) is 43.5 Å². The highest BCUT2D eigenvalue weighted by molar-refractivity contribution is 5.94. The van der Waals surface area contributed by atoms with Crippen LogP contribution in [-0.4, -0.2) is 91.2 Å². The van der Waals surface area contributed by atoms with Crippen LogP contribution in [0.2, 0.25) is 0 Å². The van der Waals surface area contributed by atoms with Crippen LogP contribution in [0.5, 0.6) is 5.88 Å². The second kappa shape index (κ2) is 13.4. The van der Waals surface area contributed by atoms with Gasteiger partial charge in [-0.05, 0) is 81.4 Å². The first-order valence-electron chi connectivity index (χ1n) is 15.7. The van der Waals surface area contributed by atoms with Crippen LogP contribution in [-0.2, 0) is 11.2 Å². The van der Waals surface area contributed by atoms with Gasteiger partial charge in [-0.15, -0.1) is 0 Å². The number of nitrogens with zero attached hydrogens (tertiary/aromatic N) is 4. The van der Waals surface area contributed by atoms with Crippen LogP contribution < -0.4 is 20.3 Å². The normalized spacial score (nSPS) is 24.7. The lowest BCUT2D eigenvalue weighted by atomic mass is 9.84. The number of halogens is 1. The van der Waals surface area contributed by atoms with Crippen molar-refractivity contribution in [3.63, 3.8) is 0 Å². The molecular weight excluding hydrogens is 535 g/mol. The molecule has 1 aliphatic carbocycles. The van der Waals surface area contributed by atoms with Crippen LogP contribution in [0.15, 0.2) is 36.5 Å². The van der Waals surface area contributed by atoms with E-state index in [0.717, 1.165) is 82.7 Å². The fraction of sp³-hybridized carbons (Fsp3) is 0.594. The standard InChI is InChI=1S/C32H43FN6O3/c33-26-8-4-23(5-9-26)31(40)36-29-20-25-22-35-30(42-19-18-37-14-2-1-3-15-37)21-28(25)39(29)27-10-6-24(7-11-27)32(41)38-16-12-34-13-17-38/h4-5,8-9,21-22,24,27,29,34H,1-3,6-7,10-20H2,(H,36,40). The molecule has 1 aromatic heterocycles. The number of hydrogen-bond donors (Lipinski definition) is 2. The highest BCUT2D eigenvalue weighted by atomic mass is 19.1. The lowest BCUT2D eigenvalue weighted by Crippen LogP contribution is -2.53. The van der Waals surface area contributed by atoms with E-state index in [-0.39, 0.29) is 35.8 Å². The number of benzene rings is 1. The predicted octanol–water partition coefficient (Wildman–Crippen LogP) is 3.19. The highest BCUT2D eigenvalue weighted by Crippen LogP contribution is 2.40. The van der Waals surface area contributed by atoms with E-state index in [4.69, 9.17) is 4.74 Å². The number of carbonyl (C=O) groups excluding carboxylic acids is 2. The number of amides is 2. The third-order valence-electron chi connectivity index (χ3n) is 9.34. The molecule has 10 heteroatoms. The summed E-state index contributed by atoms with van der Waals surface area (Å²) >= 11 is 0. The van der Waals surface area contributed by atoms with Gasteiger partial charge in [-0.25, -0.2) is 9.37 Å². The summed E-state index contributed by atoms with van der Waals surface area (Å²) < 4.78 is 19.6. The molecule has 0 radical (unpaired) electrons. The number of ether oxygens (including phenoxy) is 1. The summed E-state index contributed by atoms with van der Waals surface area (Å²) in [4.78, 5) is 37.8. The quantitative estimate of drug-likeness (QED) is 0.497. The number of rotatable bonds is 8. The molecule has 3 fully saturated rings. The zero-order valence-corrected chi connectivity index (χ0v) is 24.4. The summed E-state index contributed by atoms with van der Waals surface area (Å²) in [5.41, 5.74) is 2.54. The summed E-state index contributed by atoms with van der Waals surface area (Å²) in [6.07, 6.45) is 9.48. The summed E-state index contributed by atoms with van der Waals surface area (Å²) in [7, 11) is 0. The molecule has 42 heavy (non-hydrogen) atoms. The number of hydrogen-bond acceptors (Lipinski definition) is 7. The zero-order chi connectivity index (χ0) is 28.9. The molecule has 226 valence electrons. The zero-order valence-electron chi connectivity index (χ0n) is 24.4. The van der Waals surface area contributed by atoms with Crippen LogP contribution >= 0.6 is 0 Å². The average molecular weight is 579 g/mol. The molecule has 3 aliphatic heterocycles. The molecule has 1 atom stereocenters. The van der Waals surface area contributed by atoms with E-state index in [1.807, 2.05) is 17.2 Å². The van der Waals surface area contributed by atoms with E-state index in [9.17, 15) is 14.0 Å². The van der Waals surface area contributed by atoms with Gasteiger partial charge >= 0.3 is 0 Å². The Labute approximate surface area is 247 Å². The highest BCUT2D eigenvalue weighted by Gasteiger charge is 2.39. The van der Waals surface area contributed by atoms with Crippen LogP contribution in [0.25, 0.3) is 0 Å². The van der Waals surface area contributed by atoms with Gasteiger partial charge in [0.1, 0.15) is 18.6 Å². The molecule has 1 saturated carbocycles. The van der Waals surface area contributed by atoms with Crippen molar-refractivity contribution in [1.29, 1.82) is 0 Å². The van der Waals surface area contributed by atoms with Crippen LogP contribution in [0.3, 0.4) is 0 Å². The van der Waals surface area contributed by atoms with Crippen molar-refractivity contribution >= 4 is 17.5 Å². The number of carbonyl (C=O) groups is 2. The fourth-order valence-corrected chi connectivity index (χ4v) is 7.02. The molecule has 2 saturated heterocycles. The SMILES string of the molecule is O=C(NC1Cc2cnc(OCCN3CCCCC3)cc2N1C1CCC(C(=O)N2CCNCC2)CC1)c1ccc(F)cc1. The third kappa shape index (κ3) is 6.70. The van der Waals surface area contributed by atoms with Crippen molar-refractivity contribution in [1.82, 2.24) is 25.4 Å². The Bertz CT molecular complexity index is 1220. The average Bonchev–Trinajstić information content (AvgIpc) is 3.39. The van der Waals surface area contributed by atoms with Gasteiger partial charge in [0.15, 0.2) is 0 Å². The minimum Gasteiger partial charge on any atom is -0.476 e. The molecule has 0 bridgehead atoms. The minimum absolute atomic E-state index is 0.0554. The van der Waals surface area contributed by atoms with Crippen LogP contribution in [0.4, 0.5) is 10.1 Å². The monoisotopic (exact) mass is 578 g/mol. The van der Waals surface area contributed by atoms with E-state index in [1.54, 1.807) is 0 Å². The number of anilines is 1. The molecule has 2 aromatic rings. The van der Waals surface area contributed by atoms with E-state index >= 15 is 0 Å². The molecule has 2 amide bonds. The molecule has 0 spiro atoms. The largest absolute Gasteiger partial charge is 0.476 e. The van der Waals surface area contributed by atoms with Crippen molar-refractivity contribution < 1.29 is 18.7 Å². The van der Waals surface area contributed by atoms with E-state index < -0.39 is 0 Å². The summed E-state index contributed by atoms with van der Waals surface area (Å²) in [5.74, 6) is 0.342. The van der Waals surface area contributed by atoms with Gasteiger partial charge in [0, 0.05) is 74.6 Å². The molecule has 1 aromatic carbocycles. The number of fused-ring (bicyclic) bond motifs is 1. The molecule has 6 rings (SSSR count). The number of piperazine rings is 1. The molecule has 1 unspecified atom stereocenters. The second-order valence-corrected chi connectivity index (χ2v) is 12.1. The lowest BCUT2D eigenvalue weighted by molar-refractivity contribution is -0.137. The molecule has 2 N–H and O–H groups in total. The molecule has 4 heterocycles. The fourth-order valence-electron chi connectivity index (χ4n) is 7.02. The van der Waals surface area contributed by atoms with Crippen molar-refractivity contribution in [3.8, 4) is 5.88 Å². The Morgan fingerprint density at radius 2 is 1.74 bits per heavy atom. The van der Waals surface area contributed by atoms with Crippen molar-refractivity contribution in [3.05, 3.63) is 53.5 Å². The lowest BCUT2D eigenvalue weighted by Gasteiger charge is -2.40. The second-order valence-electron chi connectivity index (χ2n) is 12.1. The van der Waals surface area contributed by atoms with Crippen molar-refractivity contribution in [2.45, 2.75) is 63.6 Å².